The third-order valence-electron chi connectivity index (χ3n) is 3.21. The fourth-order valence-electron chi connectivity index (χ4n) is 2.30. The summed E-state index contributed by atoms with van der Waals surface area (Å²) in [6.45, 7) is 4.26. The molecule has 1 fully saturated rings. The third-order valence-corrected chi connectivity index (χ3v) is 4.19. The largest absolute Gasteiger partial charge is 0.335 e. The van der Waals surface area contributed by atoms with Gasteiger partial charge in [-0.3, -0.25) is 9.59 Å². The van der Waals surface area contributed by atoms with Crippen LogP contribution in [0.25, 0.3) is 0 Å². The van der Waals surface area contributed by atoms with Gasteiger partial charge in [0.25, 0.3) is 0 Å². The normalized spacial score (nSPS) is 21.1. The molecule has 0 saturated carbocycles. The van der Waals surface area contributed by atoms with Crippen LogP contribution in [0, 0.1) is 0 Å². The lowest BCUT2D eigenvalue weighted by molar-refractivity contribution is -0.129. The fraction of sp³-hybridized carbons (Fsp3) is 0.429. The predicted octanol–water partition coefficient (Wildman–Crippen LogP) is 2.63. The highest BCUT2D eigenvalue weighted by Crippen LogP contribution is 2.30. The number of likely N-dealkylation sites (tertiary alicyclic amines) is 1. The molecule has 0 radical (unpaired) electrons. The second kappa shape index (κ2) is 5.57. The molecule has 2 atom stereocenters. The highest BCUT2D eigenvalue weighted by atomic mass is 32.2. The summed E-state index contributed by atoms with van der Waals surface area (Å²) in [4.78, 5) is 24.9. The Morgan fingerprint density at radius 2 is 2.06 bits per heavy atom. The van der Waals surface area contributed by atoms with Crippen molar-refractivity contribution < 1.29 is 9.59 Å². The van der Waals surface area contributed by atoms with Crippen molar-refractivity contribution in [1.29, 1.82) is 0 Å². The molecular formula is C14H17NO2S. The Labute approximate surface area is 112 Å². The maximum absolute atomic E-state index is 12.0. The standard InChI is InChI=1S/C14H17NO2S/c1-10(12-6-4-3-5-7-12)15-9-13(8-14(15)17)18-11(2)16/h3-7,10,13H,8-9H2,1-2H3/t10-,13?/m0/s1. The minimum absolute atomic E-state index is 0.0799. The number of amides is 1. The smallest absolute Gasteiger partial charge is 0.224 e. The number of hydrogen-bond acceptors (Lipinski definition) is 3. The SMILES string of the molecule is CC(=O)SC1CC(=O)N([C@@H](C)c2ccccc2)C1. The van der Waals surface area contributed by atoms with Crippen LogP contribution in [-0.2, 0) is 9.59 Å². The molecule has 3 nitrogen and oxygen atoms in total. The van der Waals surface area contributed by atoms with Crippen molar-refractivity contribution >= 4 is 22.8 Å². The summed E-state index contributed by atoms with van der Waals surface area (Å²) in [5, 5.41) is 0.197. The first-order valence-electron chi connectivity index (χ1n) is 6.09. The molecule has 1 amide bonds. The van der Waals surface area contributed by atoms with Gasteiger partial charge in [0, 0.05) is 25.1 Å². The molecule has 1 aliphatic heterocycles. The van der Waals surface area contributed by atoms with E-state index in [2.05, 4.69) is 0 Å². The van der Waals surface area contributed by atoms with E-state index in [0.717, 1.165) is 5.56 Å². The van der Waals surface area contributed by atoms with Gasteiger partial charge in [-0.25, -0.2) is 0 Å². The molecular weight excluding hydrogens is 246 g/mol. The van der Waals surface area contributed by atoms with Gasteiger partial charge in [-0.15, -0.1) is 0 Å². The Hall–Kier alpha value is -1.29. The quantitative estimate of drug-likeness (QED) is 0.841. The Kier molecular flexibility index (Phi) is 4.07. The maximum atomic E-state index is 12.0. The number of benzene rings is 1. The van der Waals surface area contributed by atoms with Crippen molar-refractivity contribution in [2.24, 2.45) is 0 Å². The summed E-state index contributed by atoms with van der Waals surface area (Å²) in [7, 11) is 0. The average molecular weight is 263 g/mol. The van der Waals surface area contributed by atoms with Gasteiger partial charge in [0.05, 0.1) is 6.04 Å². The number of nitrogens with zero attached hydrogens (tertiary/aromatic N) is 1. The summed E-state index contributed by atoms with van der Waals surface area (Å²) in [6.07, 6.45) is 0.474. The summed E-state index contributed by atoms with van der Waals surface area (Å²) in [6, 6.07) is 10.1. The van der Waals surface area contributed by atoms with E-state index in [0.29, 0.717) is 13.0 Å². The number of thioether (sulfide) groups is 1. The second-order valence-electron chi connectivity index (χ2n) is 4.57. The van der Waals surface area contributed by atoms with Crippen LogP contribution in [0.15, 0.2) is 30.3 Å². The van der Waals surface area contributed by atoms with Gasteiger partial charge in [-0.05, 0) is 12.5 Å². The lowest BCUT2D eigenvalue weighted by Crippen LogP contribution is -2.28. The van der Waals surface area contributed by atoms with E-state index in [9.17, 15) is 9.59 Å². The van der Waals surface area contributed by atoms with Gasteiger partial charge in [-0.2, -0.15) is 0 Å². The molecule has 96 valence electrons. The molecule has 18 heavy (non-hydrogen) atoms. The van der Waals surface area contributed by atoms with Gasteiger partial charge in [0.1, 0.15) is 0 Å². The van der Waals surface area contributed by atoms with E-state index in [-0.39, 0.29) is 22.3 Å². The Morgan fingerprint density at radius 1 is 1.39 bits per heavy atom. The zero-order chi connectivity index (χ0) is 13.1. The summed E-state index contributed by atoms with van der Waals surface area (Å²) < 4.78 is 0. The van der Waals surface area contributed by atoms with Crippen molar-refractivity contribution in [3.05, 3.63) is 35.9 Å². The van der Waals surface area contributed by atoms with Crippen molar-refractivity contribution in [3.63, 3.8) is 0 Å². The van der Waals surface area contributed by atoms with Gasteiger partial charge < -0.3 is 4.90 Å². The monoisotopic (exact) mass is 263 g/mol. The summed E-state index contributed by atoms with van der Waals surface area (Å²) >= 11 is 1.28. The lowest BCUT2D eigenvalue weighted by atomic mass is 10.1. The Bertz CT molecular complexity index is 446. The van der Waals surface area contributed by atoms with Crippen LogP contribution in [0.4, 0.5) is 0 Å². The molecule has 1 saturated heterocycles. The van der Waals surface area contributed by atoms with E-state index in [1.807, 2.05) is 42.2 Å². The fourth-order valence-corrected chi connectivity index (χ4v) is 3.23. The predicted molar refractivity (Wildman–Crippen MR) is 73.2 cm³/mol. The highest BCUT2D eigenvalue weighted by Gasteiger charge is 2.34. The van der Waals surface area contributed by atoms with E-state index >= 15 is 0 Å². The maximum Gasteiger partial charge on any atom is 0.224 e. The van der Waals surface area contributed by atoms with E-state index < -0.39 is 0 Å². The molecule has 1 aromatic rings. The Morgan fingerprint density at radius 3 is 2.67 bits per heavy atom. The molecule has 1 aliphatic rings. The van der Waals surface area contributed by atoms with Gasteiger partial charge in [-0.1, -0.05) is 42.1 Å². The molecule has 1 unspecified atom stereocenters. The minimum Gasteiger partial charge on any atom is -0.335 e. The second-order valence-corrected chi connectivity index (χ2v) is 6.05. The first kappa shape index (κ1) is 13.1. The van der Waals surface area contributed by atoms with Crippen LogP contribution in [0.2, 0.25) is 0 Å². The van der Waals surface area contributed by atoms with E-state index in [1.165, 1.54) is 11.8 Å². The van der Waals surface area contributed by atoms with Crippen LogP contribution < -0.4 is 0 Å². The summed E-state index contributed by atoms with van der Waals surface area (Å²) in [5.41, 5.74) is 1.14. The molecule has 2 rings (SSSR count). The Balaban J connectivity index is 2.06. The molecule has 0 bridgehead atoms. The molecule has 0 aromatic heterocycles. The van der Waals surface area contributed by atoms with Crippen molar-refractivity contribution in [2.75, 3.05) is 6.54 Å². The molecule has 1 aromatic carbocycles. The van der Waals surface area contributed by atoms with Crippen LogP contribution in [0.3, 0.4) is 0 Å². The minimum atomic E-state index is 0.0799. The molecule has 4 heteroatoms. The van der Waals surface area contributed by atoms with Gasteiger partial charge in [0.15, 0.2) is 5.12 Å². The number of carbonyl (C=O) groups excluding carboxylic acids is 2. The molecule has 0 spiro atoms. The number of hydrogen-bond donors (Lipinski definition) is 0. The van der Waals surface area contributed by atoms with Crippen LogP contribution in [0.1, 0.15) is 31.9 Å². The van der Waals surface area contributed by atoms with Gasteiger partial charge >= 0.3 is 0 Å². The van der Waals surface area contributed by atoms with E-state index in [1.54, 1.807) is 6.92 Å². The first-order chi connectivity index (χ1) is 8.58. The molecule has 0 N–H and O–H groups in total. The molecule has 0 aliphatic carbocycles. The third kappa shape index (κ3) is 2.93. The number of carbonyl (C=O) groups is 2. The average Bonchev–Trinajstić information content (AvgIpc) is 2.69. The zero-order valence-electron chi connectivity index (χ0n) is 10.6. The highest BCUT2D eigenvalue weighted by molar-refractivity contribution is 8.14. The topological polar surface area (TPSA) is 37.4 Å². The first-order valence-corrected chi connectivity index (χ1v) is 6.97. The zero-order valence-corrected chi connectivity index (χ0v) is 11.4. The van der Waals surface area contributed by atoms with Gasteiger partial charge in [0.2, 0.25) is 5.91 Å². The number of rotatable bonds is 3. The van der Waals surface area contributed by atoms with E-state index in [4.69, 9.17) is 0 Å². The van der Waals surface area contributed by atoms with Crippen LogP contribution in [0.5, 0.6) is 0 Å². The van der Waals surface area contributed by atoms with Crippen LogP contribution >= 0.6 is 11.8 Å². The molecule has 1 heterocycles. The van der Waals surface area contributed by atoms with Crippen molar-refractivity contribution in [3.8, 4) is 0 Å². The van der Waals surface area contributed by atoms with Crippen molar-refractivity contribution in [1.82, 2.24) is 4.90 Å². The van der Waals surface area contributed by atoms with Crippen molar-refractivity contribution in [2.45, 2.75) is 31.6 Å². The summed E-state index contributed by atoms with van der Waals surface area (Å²) in [5.74, 6) is 0.144. The lowest BCUT2D eigenvalue weighted by Gasteiger charge is -2.25. The van der Waals surface area contributed by atoms with Crippen LogP contribution in [-0.4, -0.2) is 27.7 Å².